The van der Waals surface area contributed by atoms with E-state index in [0.29, 0.717) is 12.3 Å². The Bertz CT molecular complexity index is 669. The number of carbonyl (C=O) groups excluding carboxylic acids is 2. The van der Waals surface area contributed by atoms with E-state index >= 15 is 0 Å². The van der Waals surface area contributed by atoms with Gasteiger partial charge in [0.05, 0.1) is 6.42 Å². The summed E-state index contributed by atoms with van der Waals surface area (Å²) in [5.41, 5.74) is 1.22. The summed E-state index contributed by atoms with van der Waals surface area (Å²) in [6.45, 7) is 5.47. The fourth-order valence-corrected chi connectivity index (χ4v) is 4.76. The summed E-state index contributed by atoms with van der Waals surface area (Å²) in [4.78, 5) is 35.7. The second-order valence-corrected chi connectivity index (χ2v) is 8.69. The Kier molecular flexibility index (Phi) is 5.17. The third-order valence-corrected chi connectivity index (χ3v) is 6.69. The predicted molar refractivity (Wildman–Crippen MR) is 103 cm³/mol. The minimum atomic E-state index is 0.193. The first-order valence-corrected chi connectivity index (χ1v) is 10.2. The Balaban J connectivity index is 1.23. The predicted octanol–water partition coefficient (Wildman–Crippen LogP) is 1.42. The van der Waals surface area contributed by atoms with Crippen LogP contribution in [0, 0.1) is 11.3 Å². The van der Waals surface area contributed by atoms with Gasteiger partial charge in [0, 0.05) is 49.9 Å². The van der Waals surface area contributed by atoms with Gasteiger partial charge in [-0.05, 0) is 57.5 Å². The smallest absolute Gasteiger partial charge is 0.227 e. The number of likely N-dealkylation sites (tertiary alicyclic amines) is 3. The van der Waals surface area contributed by atoms with Crippen molar-refractivity contribution in [3.05, 3.63) is 30.1 Å². The van der Waals surface area contributed by atoms with Crippen LogP contribution in [0.15, 0.2) is 24.5 Å². The average molecular weight is 370 g/mol. The van der Waals surface area contributed by atoms with Crippen LogP contribution in [-0.2, 0) is 16.0 Å². The van der Waals surface area contributed by atoms with Crippen molar-refractivity contribution < 1.29 is 9.59 Å². The molecule has 0 N–H and O–H groups in total. The van der Waals surface area contributed by atoms with Crippen LogP contribution in [-0.4, -0.2) is 77.8 Å². The zero-order chi connectivity index (χ0) is 18.9. The molecule has 2 amide bonds. The van der Waals surface area contributed by atoms with Crippen LogP contribution in [0.25, 0.3) is 0 Å². The van der Waals surface area contributed by atoms with E-state index in [9.17, 15) is 9.59 Å². The molecule has 1 aromatic rings. The number of hydrogen-bond acceptors (Lipinski definition) is 4. The third kappa shape index (κ3) is 4.00. The summed E-state index contributed by atoms with van der Waals surface area (Å²) in [7, 11) is 2.13. The highest BCUT2D eigenvalue weighted by atomic mass is 16.2. The molecule has 0 unspecified atom stereocenters. The Morgan fingerprint density at radius 2 is 1.81 bits per heavy atom. The normalized spacial score (nSPS) is 23.3. The first-order chi connectivity index (χ1) is 13.0. The molecule has 0 radical (unpaired) electrons. The van der Waals surface area contributed by atoms with Crippen molar-refractivity contribution in [3.63, 3.8) is 0 Å². The van der Waals surface area contributed by atoms with Gasteiger partial charge >= 0.3 is 0 Å². The van der Waals surface area contributed by atoms with Gasteiger partial charge in [0.2, 0.25) is 11.8 Å². The van der Waals surface area contributed by atoms with Gasteiger partial charge < -0.3 is 14.7 Å². The monoisotopic (exact) mass is 370 g/mol. The van der Waals surface area contributed by atoms with Gasteiger partial charge in [-0.15, -0.1) is 0 Å². The standard InChI is InChI=1S/C21H30N4O2/c1-23-9-4-18(5-10-23)20(27)24-11-6-21(7-12-24)15-25(16-21)19(26)13-17-3-2-8-22-14-17/h2-3,8,14,18H,4-7,9-13,15-16H2,1H3. The average Bonchev–Trinajstić information content (AvgIpc) is 2.67. The minimum absolute atomic E-state index is 0.193. The zero-order valence-corrected chi connectivity index (χ0v) is 16.3. The van der Waals surface area contributed by atoms with Gasteiger partial charge in [-0.1, -0.05) is 6.07 Å². The molecular formula is C21H30N4O2. The van der Waals surface area contributed by atoms with Gasteiger partial charge in [-0.2, -0.15) is 0 Å². The minimum Gasteiger partial charge on any atom is -0.342 e. The van der Waals surface area contributed by atoms with Crippen molar-refractivity contribution in [2.45, 2.75) is 32.1 Å². The van der Waals surface area contributed by atoms with E-state index in [1.807, 2.05) is 17.0 Å². The van der Waals surface area contributed by atoms with E-state index in [1.54, 1.807) is 12.4 Å². The number of piperidine rings is 2. The molecule has 0 atom stereocenters. The first kappa shape index (κ1) is 18.4. The molecular weight excluding hydrogens is 340 g/mol. The molecule has 3 aliphatic heterocycles. The summed E-state index contributed by atoms with van der Waals surface area (Å²) in [5.74, 6) is 0.773. The lowest BCUT2D eigenvalue weighted by molar-refractivity contribution is -0.151. The number of hydrogen-bond donors (Lipinski definition) is 0. The van der Waals surface area contributed by atoms with Gasteiger partial charge in [-0.25, -0.2) is 0 Å². The van der Waals surface area contributed by atoms with Crippen LogP contribution < -0.4 is 0 Å². The lowest BCUT2D eigenvalue weighted by atomic mass is 9.71. The topological polar surface area (TPSA) is 56.8 Å². The molecule has 0 aliphatic carbocycles. The highest BCUT2D eigenvalue weighted by molar-refractivity contribution is 5.80. The fourth-order valence-electron chi connectivity index (χ4n) is 4.76. The lowest BCUT2D eigenvalue weighted by Gasteiger charge is -2.54. The molecule has 0 aromatic carbocycles. The Labute approximate surface area is 161 Å². The molecule has 0 bridgehead atoms. The van der Waals surface area contributed by atoms with Gasteiger partial charge in [0.25, 0.3) is 0 Å². The molecule has 0 saturated carbocycles. The molecule has 3 fully saturated rings. The third-order valence-electron chi connectivity index (χ3n) is 6.69. The maximum Gasteiger partial charge on any atom is 0.227 e. The molecule has 3 saturated heterocycles. The summed E-state index contributed by atoms with van der Waals surface area (Å²) < 4.78 is 0. The first-order valence-electron chi connectivity index (χ1n) is 10.2. The number of nitrogens with zero attached hydrogens (tertiary/aromatic N) is 4. The number of carbonyl (C=O) groups is 2. The molecule has 4 heterocycles. The Hall–Kier alpha value is -1.95. The Morgan fingerprint density at radius 3 is 2.44 bits per heavy atom. The molecule has 146 valence electrons. The van der Waals surface area contributed by atoms with Crippen molar-refractivity contribution in [1.82, 2.24) is 19.7 Å². The summed E-state index contributed by atoms with van der Waals surface area (Å²) >= 11 is 0. The van der Waals surface area contributed by atoms with E-state index in [2.05, 4.69) is 21.8 Å². The van der Waals surface area contributed by atoms with Gasteiger partial charge in [-0.3, -0.25) is 14.6 Å². The van der Waals surface area contributed by atoms with Crippen molar-refractivity contribution >= 4 is 11.8 Å². The second-order valence-electron chi connectivity index (χ2n) is 8.69. The maximum atomic E-state index is 12.8. The molecule has 4 rings (SSSR count). The van der Waals surface area contributed by atoms with Crippen molar-refractivity contribution in [2.24, 2.45) is 11.3 Å². The highest BCUT2D eigenvalue weighted by Crippen LogP contribution is 2.41. The Morgan fingerprint density at radius 1 is 1.11 bits per heavy atom. The second kappa shape index (κ2) is 7.58. The molecule has 1 spiro atoms. The van der Waals surface area contributed by atoms with Crippen LogP contribution >= 0.6 is 0 Å². The lowest BCUT2D eigenvalue weighted by Crippen LogP contribution is -2.62. The van der Waals surface area contributed by atoms with Crippen molar-refractivity contribution in [2.75, 3.05) is 46.3 Å². The molecule has 6 heteroatoms. The highest BCUT2D eigenvalue weighted by Gasteiger charge is 2.47. The number of pyridine rings is 1. The zero-order valence-electron chi connectivity index (χ0n) is 16.3. The quantitative estimate of drug-likeness (QED) is 0.807. The van der Waals surface area contributed by atoms with Crippen LogP contribution in [0.2, 0.25) is 0 Å². The van der Waals surface area contributed by atoms with Gasteiger partial charge in [0.15, 0.2) is 0 Å². The van der Waals surface area contributed by atoms with Crippen LogP contribution in [0.1, 0.15) is 31.2 Å². The van der Waals surface area contributed by atoms with Crippen LogP contribution in [0.5, 0.6) is 0 Å². The molecule has 3 aliphatic rings. The van der Waals surface area contributed by atoms with Crippen molar-refractivity contribution in [1.29, 1.82) is 0 Å². The van der Waals surface area contributed by atoms with Crippen LogP contribution in [0.3, 0.4) is 0 Å². The summed E-state index contributed by atoms with van der Waals surface area (Å²) in [6, 6.07) is 3.82. The van der Waals surface area contributed by atoms with E-state index in [0.717, 1.165) is 70.5 Å². The van der Waals surface area contributed by atoms with E-state index in [1.165, 1.54) is 0 Å². The van der Waals surface area contributed by atoms with E-state index in [-0.39, 0.29) is 17.2 Å². The summed E-state index contributed by atoms with van der Waals surface area (Å²) in [5, 5.41) is 0. The van der Waals surface area contributed by atoms with Crippen molar-refractivity contribution in [3.8, 4) is 0 Å². The number of amides is 2. The fraction of sp³-hybridized carbons (Fsp3) is 0.667. The van der Waals surface area contributed by atoms with E-state index in [4.69, 9.17) is 0 Å². The molecule has 27 heavy (non-hydrogen) atoms. The molecule has 1 aromatic heterocycles. The number of aromatic nitrogens is 1. The van der Waals surface area contributed by atoms with Gasteiger partial charge in [0.1, 0.15) is 0 Å². The van der Waals surface area contributed by atoms with E-state index < -0.39 is 0 Å². The maximum absolute atomic E-state index is 12.8. The number of rotatable bonds is 3. The molecule has 6 nitrogen and oxygen atoms in total. The summed E-state index contributed by atoms with van der Waals surface area (Å²) in [6.07, 6.45) is 7.98. The van der Waals surface area contributed by atoms with Crippen LogP contribution in [0.4, 0.5) is 0 Å². The largest absolute Gasteiger partial charge is 0.342 e. The SMILES string of the molecule is CN1CCC(C(=O)N2CCC3(CC2)CN(C(=O)Cc2cccnc2)C3)CC1.